The van der Waals surface area contributed by atoms with Gasteiger partial charge in [0, 0.05) is 22.0 Å². The topological polar surface area (TPSA) is 38.3 Å². The lowest BCUT2D eigenvalue weighted by molar-refractivity contribution is 0.0595. The minimum Gasteiger partial charge on any atom is -0.465 e. The zero-order chi connectivity index (χ0) is 13.8. The van der Waals surface area contributed by atoms with E-state index in [1.54, 1.807) is 17.4 Å². The van der Waals surface area contributed by atoms with Crippen LogP contribution >= 0.6 is 11.3 Å². The van der Waals surface area contributed by atoms with Crippen molar-refractivity contribution in [1.29, 1.82) is 0 Å². The summed E-state index contributed by atoms with van der Waals surface area (Å²) in [6, 6.07) is 8.40. The number of aryl methyl sites for hydroxylation is 1. The first-order valence-electron chi connectivity index (χ1n) is 5.77. The number of thiophene rings is 1. The molecule has 0 saturated carbocycles. The highest BCUT2D eigenvalue weighted by molar-refractivity contribution is 7.11. The maximum absolute atomic E-state index is 13.4. The van der Waals surface area contributed by atoms with Gasteiger partial charge in [-0.3, -0.25) is 0 Å². The van der Waals surface area contributed by atoms with E-state index in [4.69, 9.17) is 0 Å². The summed E-state index contributed by atoms with van der Waals surface area (Å²) in [5.74, 6) is -1.25. The number of hydrogen-bond donors (Lipinski definition) is 1. The Bertz CT molecular complexity index is 595. The number of benzene rings is 1. The zero-order valence-corrected chi connectivity index (χ0v) is 11.5. The summed E-state index contributed by atoms with van der Waals surface area (Å²) in [6.45, 7) is 2.69. The number of halogens is 1. The molecule has 0 aliphatic carbocycles. The minimum absolute atomic E-state index is 0.0603. The number of carbonyl (C=O) groups is 1. The van der Waals surface area contributed by atoms with E-state index >= 15 is 0 Å². The predicted octanol–water partition coefficient (Wildman–Crippen LogP) is 3.59. The molecule has 0 aliphatic heterocycles. The van der Waals surface area contributed by atoms with Crippen LogP contribution in [0.4, 0.5) is 10.1 Å². The Morgan fingerprint density at radius 1 is 1.37 bits per heavy atom. The van der Waals surface area contributed by atoms with Crippen LogP contribution in [0.3, 0.4) is 0 Å². The van der Waals surface area contributed by atoms with E-state index in [9.17, 15) is 9.18 Å². The van der Waals surface area contributed by atoms with Crippen molar-refractivity contribution in [2.24, 2.45) is 0 Å². The molecule has 3 nitrogen and oxygen atoms in total. The fourth-order valence-electron chi connectivity index (χ4n) is 1.67. The van der Waals surface area contributed by atoms with Gasteiger partial charge in [-0.05, 0) is 37.3 Å². The molecule has 100 valence electrons. The summed E-state index contributed by atoms with van der Waals surface area (Å²) in [5, 5.41) is 3.16. The molecule has 19 heavy (non-hydrogen) atoms. The lowest BCUT2D eigenvalue weighted by Crippen LogP contribution is -2.06. The van der Waals surface area contributed by atoms with Crippen LogP contribution < -0.4 is 5.32 Å². The van der Waals surface area contributed by atoms with Crippen molar-refractivity contribution in [1.82, 2.24) is 0 Å². The molecular formula is C14H14FNO2S. The summed E-state index contributed by atoms with van der Waals surface area (Å²) < 4.78 is 18.0. The number of ether oxygens (including phenoxy) is 1. The maximum atomic E-state index is 13.4. The largest absolute Gasteiger partial charge is 0.465 e. The van der Waals surface area contributed by atoms with Gasteiger partial charge in [-0.1, -0.05) is 0 Å². The summed E-state index contributed by atoms with van der Waals surface area (Å²) in [7, 11) is 1.23. The minimum atomic E-state index is -0.673. The van der Waals surface area contributed by atoms with Crippen molar-refractivity contribution < 1.29 is 13.9 Å². The fraction of sp³-hybridized carbons (Fsp3) is 0.214. The predicted molar refractivity (Wildman–Crippen MR) is 74.1 cm³/mol. The van der Waals surface area contributed by atoms with E-state index in [1.807, 2.05) is 19.1 Å². The molecule has 2 aromatic rings. The smallest absolute Gasteiger partial charge is 0.340 e. The molecule has 0 amide bonds. The molecule has 0 atom stereocenters. The lowest BCUT2D eigenvalue weighted by Gasteiger charge is -2.07. The van der Waals surface area contributed by atoms with E-state index in [-0.39, 0.29) is 5.56 Å². The van der Waals surface area contributed by atoms with Crippen LogP contribution in [0.1, 0.15) is 20.1 Å². The van der Waals surface area contributed by atoms with Crippen LogP contribution in [-0.2, 0) is 11.3 Å². The number of esters is 1. The maximum Gasteiger partial charge on any atom is 0.340 e. The van der Waals surface area contributed by atoms with Crippen LogP contribution in [0.15, 0.2) is 30.3 Å². The third-order valence-electron chi connectivity index (χ3n) is 2.63. The summed E-state index contributed by atoms with van der Waals surface area (Å²) in [6.07, 6.45) is 0. The monoisotopic (exact) mass is 279 g/mol. The van der Waals surface area contributed by atoms with Gasteiger partial charge in [0.1, 0.15) is 5.82 Å². The van der Waals surface area contributed by atoms with Crippen molar-refractivity contribution in [2.45, 2.75) is 13.5 Å². The quantitative estimate of drug-likeness (QED) is 0.869. The first-order valence-corrected chi connectivity index (χ1v) is 6.59. The molecule has 0 bridgehead atoms. The van der Waals surface area contributed by atoms with Crippen LogP contribution in [-0.4, -0.2) is 13.1 Å². The molecular weight excluding hydrogens is 265 g/mol. The first-order chi connectivity index (χ1) is 9.10. The molecule has 0 radical (unpaired) electrons. The van der Waals surface area contributed by atoms with Gasteiger partial charge in [0.05, 0.1) is 12.7 Å². The molecule has 5 heteroatoms. The molecule has 1 N–H and O–H groups in total. The van der Waals surface area contributed by atoms with Gasteiger partial charge in [-0.15, -0.1) is 11.3 Å². The molecule has 0 spiro atoms. The molecule has 0 saturated heterocycles. The van der Waals surface area contributed by atoms with E-state index in [2.05, 4.69) is 10.1 Å². The average molecular weight is 279 g/mol. The van der Waals surface area contributed by atoms with E-state index in [0.29, 0.717) is 12.2 Å². The van der Waals surface area contributed by atoms with Gasteiger partial charge >= 0.3 is 5.97 Å². The van der Waals surface area contributed by atoms with E-state index in [0.717, 1.165) is 0 Å². The Labute approximate surface area is 115 Å². The Morgan fingerprint density at radius 3 is 2.79 bits per heavy atom. The number of nitrogens with one attached hydrogen (secondary N) is 1. The first kappa shape index (κ1) is 13.5. The number of anilines is 1. The van der Waals surface area contributed by atoms with Crippen LogP contribution in [0.5, 0.6) is 0 Å². The van der Waals surface area contributed by atoms with Gasteiger partial charge in [0.25, 0.3) is 0 Å². The summed E-state index contributed by atoms with van der Waals surface area (Å²) in [4.78, 5) is 13.8. The average Bonchev–Trinajstić information content (AvgIpc) is 2.83. The summed E-state index contributed by atoms with van der Waals surface area (Å²) in [5.41, 5.74) is 0.628. The van der Waals surface area contributed by atoms with Gasteiger partial charge in [0.15, 0.2) is 0 Å². The van der Waals surface area contributed by atoms with Gasteiger partial charge in [-0.2, -0.15) is 0 Å². The van der Waals surface area contributed by atoms with Crippen LogP contribution in [0.25, 0.3) is 0 Å². The zero-order valence-electron chi connectivity index (χ0n) is 10.7. The molecule has 2 rings (SSSR count). The van der Waals surface area contributed by atoms with Gasteiger partial charge in [-0.25, -0.2) is 9.18 Å². The molecule has 1 aromatic carbocycles. The van der Waals surface area contributed by atoms with Gasteiger partial charge < -0.3 is 10.1 Å². The van der Waals surface area contributed by atoms with Crippen molar-refractivity contribution in [3.63, 3.8) is 0 Å². The number of hydrogen-bond acceptors (Lipinski definition) is 4. The highest BCUT2D eigenvalue weighted by Crippen LogP contribution is 2.19. The second kappa shape index (κ2) is 5.84. The Morgan fingerprint density at radius 2 is 2.16 bits per heavy atom. The van der Waals surface area contributed by atoms with Crippen molar-refractivity contribution in [3.8, 4) is 0 Å². The Hall–Kier alpha value is -1.88. The Balaban J connectivity index is 2.10. The molecule has 1 heterocycles. The van der Waals surface area contributed by atoms with Gasteiger partial charge in [0.2, 0.25) is 0 Å². The molecule has 0 fully saturated rings. The number of methoxy groups -OCH3 is 1. The molecule has 0 aliphatic rings. The highest BCUT2D eigenvalue weighted by Gasteiger charge is 2.12. The standard InChI is InChI=1S/C14H14FNO2S/c1-9-3-5-11(19-9)8-16-10-4-6-13(15)12(7-10)14(17)18-2/h3-7,16H,8H2,1-2H3. The van der Waals surface area contributed by atoms with E-state index < -0.39 is 11.8 Å². The molecule has 1 aromatic heterocycles. The molecule has 0 unspecified atom stereocenters. The lowest BCUT2D eigenvalue weighted by atomic mass is 10.2. The highest BCUT2D eigenvalue weighted by atomic mass is 32.1. The number of rotatable bonds is 4. The fourth-order valence-corrected chi connectivity index (χ4v) is 2.50. The van der Waals surface area contributed by atoms with Crippen molar-refractivity contribution in [3.05, 3.63) is 51.5 Å². The SMILES string of the molecule is COC(=O)c1cc(NCc2ccc(C)s2)ccc1F. The van der Waals surface area contributed by atoms with Crippen LogP contribution in [0.2, 0.25) is 0 Å². The van der Waals surface area contributed by atoms with Crippen LogP contribution in [0, 0.1) is 12.7 Å². The second-order valence-corrected chi connectivity index (χ2v) is 5.42. The third kappa shape index (κ3) is 3.32. The second-order valence-electron chi connectivity index (χ2n) is 4.05. The van der Waals surface area contributed by atoms with Crippen molar-refractivity contribution >= 4 is 23.0 Å². The Kier molecular flexibility index (Phi) is 4.16. The number of carbonyl (C=O) groups excluding carboxylic acids is 1. The normalized spacial score (nSPS) is 10.3. The summed E-state index contributed by atoms with van der Waals surface area (Å²) >= 11 is 1.70. The van der Waals surface area contributed by atoms with Crippen molar-refractivity contribution in [2.75, 3.05) is 12.4 Å². The van der Waals surface area contributed by atoms with E-state index in [1.165, 1.54) is 29.0 Å². The third-order valence-corrected chi connectivity index (χ3v) is 3.64.